The Morgan fingerprint density at radius 1 is 0.780 bits per heavy atom. The van der Waals surface area contributed by atoms with Gasteiger partial charge < -0.3 is 25.0 Å². The van der Waals surface area contributed by atoms with E-state index in [9.17, 15) is 19.2 Å². The summed E-state index contributed by atoms with van der Waals surface area (Å²) in [5, 5.41) is 5.83. The molecule has 0 radical (unpaired) electrons. The van der Waals surface area contributed by atoms with E-state index >= 15 is 0 Å². The molecule has 0 heterocycles. The van der Waals surface area contributed by atoms with E-state index in [4.69, 9.17) is 9.47 Å². The maximum absolute atomic E-state index is 14.9. The highest BCUT2D eigenvalue weighted by molar-refractivity contribution is 7.98. The van der Waals surface area contributed by atoms with Gasteiger partial charge >= 0.3 is 12.1 Å². The van der Waals surface area contributed by atoms with E-state index in [1.54, 1.807) is 58.2 Å². The fourth-order valence-electron chi connectivity index (χ4n) is 5.71. The minimum absolute atomic E-state index is 0.203. The largest absolute Gasteiger partial charge is 0.458 e. The van der Waals surface area contributed by atoms with E-state index in [1.165, 1.54) is 0 Å². The van der Waals surface area contributed by atoms with Crippen molar-refractivity contribution >= 4 is 35.6 Å². The Kier molecular flexibility index (Phi) is 16.4. The molecule has 4 atom stereocenters. The number of esters is 1. The lowest BCUT2D eigenvalue weighted by molar-refractivity contribution is -0.159. The molecule has 2 aromatic carbocycles. The standard InChI is InChI=1S/C40H61N3O6S/c1-26(2)18-19-29(5)43(36(45)32(20-21-50-12)42-38(47)49-40(9,10)11)34(31-23-27(3)22-28(4)24-31)35(44)41-33(37(46)48-39(6,7)8)25-30-16-14-13-15-17-30/h13-17,22-24,26,29,32-34H,18-21,25H2,1-12H3,(H,41,44)(H,42,47). The molecule has 0 saturated heterocycles. The normalized spacial score (nSPS) is 14.3. The maximum atomic E-state index is 14.9. The first-order valence-electron chi connectivity index (χ1n) is 17.7. The van der Waals surface area contributed by atoms with Gasteiger partial charge in [-0.2, -0.15) is 11.8 Å². The summed E-state index contributed by atoms with van der Waals surface area (Å²) in [4.78, 5) is 58.1. The number of carbonyl (C=O) groups is 4. The lowest BCUT2D eigenvalue weighted by Crippen LogP contribution is -2.57. The zero-order chi connectivity index (χ0) is 37.8. The van der Waals surface area contributed by atoms with Crippen LogP contribution in [0.3, 0.4) is 0 Å². The molecule has 0 aliphatic carbocycles. The van der Waals surface area contributed by atoms with Crippen LogP contribution in [0.1, 0.15) is 110 Å². The van der Waals surface area contributed by atoms with Crippen molar-refractivity contribution < 1.29 is 28.7 Å². The molecule has 0 bridgehead atoms. The predicted octanol–water partition coefficient (Wildman–Crippen LogP) is 7.71. The second-order valence-corrected chi connectivity index (χ2v) is 16.6. The minimum Gasteiger partial charge on any atom is -0.458 e. The van der Waals surface area contributed by atoms with Crippen LogP contribution in [0.25, 0.3) is 0 Å². The average Bonchev–Trinajstić information content (AvgIpc) is 2.98. The molecule has 0 aliphatic heterocycles. The molecule has 0 aromatic heterocycles. The number of benzene rings is 2. The molecule has 10 heteroatoms. The summed E-state index contributed by atoms with van der Waals surface area (Å²) in [6.45, 7) is 20.7. The average molecular weight is 712 g/mol. The number of carbonyl (C=O) groups excluding carboxylic acids is 4. The van der Waals surface area contributed by atoms with Gasteiger partial charge in [0.1, 0.15) is 29.3 Å². The highest BCUT2D eigenvalue weighted by Crippen LogP contribution is 2.30. The Hall–Kier alpha value is -3.53. The topological polar surface area (TPSA) is 114 Å². The van der Waals surface area contributed by atoms with Crippen molar-refractivity contribution in [3.8, 4) is 0 Å². The molecule has 9 nitrogen and oxygen atoms in total. The van der Waals surface area contributed by atoms with Gasteiger partial charge in [0.05, 0.1) is 0 Å². The van der Waals surface area contributed by atoms with Crippen LogP contribution in [0, 0.1) is 19.8 Å². The molecular formula is C40H61N3O6S. The SMILES string of the molecule is CSCCC(NC(=O)OC(C)(C)C)C(=O)N(C(C)CCC(C)C)C(C(=O)NC(Cc1ccccc1)C(=O)OC(C)(C)C)c1cc(C)cc(C)c1. The van der Waals surface area contributed by atoms with Crippen LogP contribution in [0.5, 0.6) is 0 Å². The summed E-state index contributed by atoms with van der Waals surface area (Å²) in [6.07, 6.45) is 3.21. The molecule has 0 fully saturated rings. The van der Waals surface area contributed by atoms with Crippen molar-refractivity contribution in [2.45, 2.75) is 137 Å². The van der Waals surface area contributed by atoms with Crippen LogP contribution in [0.4, 0.5) is 4.79 Å². The molecule has 2 N–H and O–H groups in total. The Bertz CT molecular complexity index is 1400. The zero-order valence-corrected chi connectivity index (χ0v) is 33.2. The molecule has 2 rings (SSSR count). The van der Waals surface area contributed by atoms with Gasteiger partial charge in [0.25, 0.3) is 0 Å². The number of ether oxygens (including phenoxy) is 2. The van der Waals surface area contributed by atoms with Crippen molar-refractivity contribution in [1.29, 1.82) is 0 Å². The van der Waals surface area contributed by atoms with Crippen molar-refractivity contribution in [3.05, 3.63) is 70.8 Å². The van der Waals surface area contributed by atoms with Gasteiger partial charge in [0, 0.05) is 12.5 Å². The lowest BCUT2D eigenvalue weighted by atomic mass is 9.94. The van der Waals surface area contributed by atoms with Crippen molar-refractivity contribution in [1.82, 2.24) is 15.5 Å². The van der Waals surface area contributed by atoms with Crippen molar-refractivity contribution in [3.63, 3.8) is 0 Å². The minimum atomic E-state index is -1.11. The van der Waals surface area contributed by atoms with Crippen molar-refractivity contribution in [2.75, 3.05) is 12.0 Å². The fraction of sp³-hybridized carbons (Fsp3) is 0.600. The van der Waals surface area contributed by atoms with Crippen molar-refractivity contribution in [2.24, 2.45) is 5.92 Å². The Morgan fingerprint density at radius 2 is 1.36 bits per heavy atom. The molecule has 0 spiro atoms. The van der Waals surface area contributed by atoms with E-state index < -0.39 is 59.2 Å². The number of nitrogens with one attached hydrogen (secondary N) is 2. The number of amides is 3. The number of nitrogens with zero attached hydrogens (tertiary/aromatic N) is 1. The van der Waals surface area contributed by atoms with Gasteiger partial charge in [-0.25, -0.2) is 9.59 Å². The van der Waals surface area contributed by atoms with Gasteiger partial charge in [-0.3, -0.25) is 9.59 Å². The van der Waals surface area contributed by atoms with E-state index in [1.807, 2.05) is 75.6 Å². The summed E-state index contributed by atoms with van der Waals surface area (Å²) in [6, 6.07) is 11.8. The molecule has 0 saturated carbocycles. The third-order valence-corrected chi connectivity index (χ3v) is 8.51. The highest BCUT2D eigenvalue weighted by atomic mass is 32.2. The number of rotatable bonds is 16. The third-order valence-electron chi connectivity index (χ3n) is 7.87. The Labute approximate surface area is 305 Å². The highest BCUT2D eigenvalue weighted by Gasteiger charge is 2.40. The number of thioether (sulfide) groups is 1. The van der Waals surface area contributed by atoms with E-state index in [2.05, 4.69) is 24.5 Å². The quantitative estimate of drug-likeness (QED) is 0.172. The molecule has 278 valence electrons. The first kappa shape index (κ1) is 42.6. The molecule has 3 amide bonds. The first-order valence-corrected chi connectivity index (χ1v) is 19.1. The van der Waals surface area contributed by atoms with Crippen LogP contribution >= 0.6 is 11.8 Å². The van der Waals surface area contributed by atoms with Crippen LogP contribution in [-0.2, 0) is 30.3 Å². The second kappa shape index (κ2) is 19.2. The molecule has 4 unspecified atom stereocenters. The first-order chi connectivity index (χ1) is 23.2. The molecule has 2 aromatic rings. The smallest absolute Gasteiger partial charge is 0.408 e. The van der Waals surface area contributed by atoms with Crippen LogP contribution < -0.4 is 10.6 Å². The summed E-state index contributed by atoms with van der Waals surface area (Å²) in [7, 11) is 0. The van der Waals surface area contributed by atoms with E-state index in [0.717, 1.165) is 23.1 Å². The zero-order valence-electron chi connectivity index (χ0n) is 32.3. The monoisotopic (exact) mass is 711 g/mol. The predicted molar refractivity (Wildman–Crippen MR) is 203 cm³/mol. The fourth-order valence-corrected chi connectivity index (χ4v) is 6.18. The molecule has 0 aliphatic rings. The van der Waals surface area contributed by atoms with Gasteiger partial charge in [-0.05, 0) is 111 Å². The van der Waals surface area contributed by atoms with Gasteiger partial charge in [-0.15, -0.1) is 0 Å². The summed E-state index contributed by atoms with van der Waals surface area (Å²) in [5.41, 5.74) is 1.78. The molecule has 50 heavy (non-hydrogen) atoms. The van der Waals surface area contributed by atoms with Gasteiger partial charge in [0.15, 0.2) is 0 Å². The van der Waals surface area contributed by atoms with Gasteiger partial charge in [0.2, 0.25) is 11.8 Å². The van der Waals surface area contributed by atoms with Crippen LogP contribution in [0.15, 0.2) is 48.5 Å². The van der Waals surface area contributed by atoms with E-state index in [0.29, 0.717) is 30.1 Å². The van der Waals surface area contributed by atoms with Crippen LogP contribution in [0.2, 0.25) is 0 Å². The third kappa shape index (κ3) is 14.8. The second-order valence-electron chi connectivity index (χ2n) is 15.7. The van der Waals surface area contributed by atoms with E-state index in [-0.39, 0.29) is 6.42 Å². The number of hydrogen-bond donors (Lipinski definition) is 2. The molecular weight excluding hydrogens is 651 g/mol. The number of hydrogen-bond acceptors (Lipinski definition) is 7. The Balaban J connectivity index is 2.75. The van der Waals surface area contributed by atoms with Gasteiger partial charge in [-0.1, -0.05) is 73.5 Å². The Morgan fingerprint density at radius 3 is 1.88 bits per heavy atom. The number of aryl methyl sites for hydroxylation is 2. The van der Waals surface area contributed by atoms with Crippen LogP contribution in [-0.4, -0.2) is 70.1 Å². The number of alkyl carbamates (subject to hydrolysis) is 1. The lowest BCUT2D eigenvalue weighted by Gasteiger charge is -2.39. The maximum Gasteiger partial charge on any atom is 0.408 e. The summed E-state index contributed by atoms with van der Waals surface area (Å²) >= 11 is 1.56. The summed E-state index contributed by atoms with van der Waals surface area (Å²) < 4.78 is 11.3. The summed E-state index contributed by atoms with van der Waals surface area (Å²) in [5.74, 6) is -0.509.